The van der Waals surface area contributed by atoms with Gasteiger partial charge in [-0.15, -0.1) is 0 Å². The van der Waals surface area contributed by atoms with Crippen LogP contribution in [0.5, 0.6) is 0 Å². The summed E-state index contributed by atoms with van der Waals surface area (Å²) < 4.78 is 0. The van der Waals surface area contributed by atoms with Crippen LogP contribution in [0.1, 0.15) is 56.9 Å². The highest BCUT2D eigenvalue weighted by molar-refractivity contribution is 5.19. The summed E-state index contributed by atoms with van der Waals surface area (Å²) in [6.07, 6.45) is 8.99. The molecule has 0 spiro atoms. The Morgan fingerprint density at radius 2 is 1.55 bits per heavy atom. The number of benzene rings is 1. The van der Waals surface area contributed by atoms with Crippen molar-refractivity contribution in [3.63, 3.8) is 0 Å². The zero-order valence-corrected chi connectivity index (χ0v) is 12.6. The first-order valence-electron chi connectivity index (χ1n) is 8.52. The first kappa shape index (κ1) is 12.9. The van der Waals surface area contributed by atoms with Crippen molar-refractivity contribution >= 4 is 0 Å². The van der Waals surface area contributed by atoms with Gasteiger partial charge in [-0.3, -0.25) is 0 Å². The average molecular weight is 269 g/mol. The summed E-state index contributed by atoms with van der Waals surface area (Å²) in [6, 6.07) is 11.0. The van der Waals surface area contributed by atoms with Gasteiger partial charge in [-0.25, -0.2) is 0 Å². The van der Waals surface area contributed by atoms with Crippen LogP contribution in [-0.2, 0) is 0 Å². The van der Waals surface area contributed by atoms with Crippen LogP contribution in [0.2, 0.25) is 0 Å². The van der Waals surface area contributed by atoms with Gasteiger partial charge in [0.25, 0.3) is 0 Å². The summed E-state index contributed by atoms with van der Waals surface area (Å²) in [5.41, 5.74) is 1.99. The highest BCUT2D eigenvalue weighted by atomic mass is 15.0. The molecule has 1 nitrogen and oxygen atoms in total. The first-order valence-corrected chi connectivity index (χ1v) is 8.52. The van der Waals surface area contributed by atoms with E-state index in [2.05, 4.69) is 42.6 Å². The van der Waals surface area contributed by atoms with Crippen LogP contribution in [0, 0.1) is 17.8 Å². The van der Waals surface area contributed by atoms with Gasteiger partial charge in [0.15, 0.2) is 0 Å². The minimum atomic E-state index is 0.512. The molecule has 0 radical (unpaired) electrons. The Hall–Kier alpha value is -0.820. The molecule has 0 unspecified atom stereocenters. The Labute approximate surface area is 123 Å². The van der Waals surface area contributed by atoms with Crippen molar-refractivity contribution in [3.05, 3.63) is 35.9 Å². The van der Waals surface area contributed by atoms with E-state index in [1.54, 1.807) is 0 Å². The van der Waals surface area contributed by atoms with Crippen molar-refractivity contribution in [1.82, 2.24) is 5.32 Å². The fraction of sp³-hybridized carbons (Fsp3) is 0.684. The molecule has 4 aliphatic rings. The minimum Gasteiger partial charge on any atom is -0.311 e. The predicted octanol–water partition coefficient (Wildman–Crippen LogP) is 4.35. The highest BCUT2D eigenvalue weighted by Gasteiger charge is 2.50. The van der Waals surface area contributed by atoms with E-state index in [4.69, 9.17) is 0 Å². The average Bonchev–Trinajstić information content (AvgIpc) is 2.44. The smallest absolute Gasteiger partial charge is 0.0189 e. The molecule has 4 fully saturated rings. The zero-order chi connectivity index (χ0) is 13.6. The maximum Gasteiger partial charge on any atom is 0.0189 e. The predicted molar refractivity (Wildman–Crippen MR) is 83.8 cm³/mol. The molecule has 1 N–H and O–H groups in total. The third-order valence-electron chi connectivity index (χ3n) is 6.19. The second-order valence-corrected chi connectivity index (χ2v) is 7.89. The Morgan fingerprint density at radius 3 is 2.10 bits per heavy atom. The lowest BCUT2D eigenvalue weighted by Gasteiger charge is -2.57. The van der Waals surface area contributed by atoms with Crippen LogP contribution in [0.4, 0.5) is 0 Å². The molecule has 0 aliphatic heterocycles. The number of hydrogen-bond donors (Lipinski definition) is 1. The van der Waals surface area contributed by atoms with Crippen molar-refractivity contribution in [1.29, 1.82) is 0 Å². The Kier molecular flexibility index (Phi) is 3.14. The highest BCUT2D eigenvalue weighted by Crippen LogP contribution is 2.55. The van der Waals surface area contributed by atoms with E-state index in [1.807, 2.05) is 0 Å². The molecule has 1 heteroatoms. The van der Waals surface area contributed by atoms with Crippen molar-refractivity contribution in [2.24, 2.45) is 17.8 Å². The van der Waals surface area contributed by atoms with E-state index in [0.717, 1.165) is 24.3 Å². The van der Waals surface area contributed by atoms with Crippen molar-refractivity contribution in [2.75, 3.05) is 6.54 Å². The second kappa shape index (κ2) is 4.87. The molecule has 0 saturated heterocycles. The van der Waals surface area contributed by atoms with Gasteiger partial charge in [-0.1, -0.05) is 37.3 Å². The van der Waals surface area contributed by atoms with Crippen molar-refractivity contribution in [3.8, 4) is 0 Å². The maximum atomic E-state index is 4.03. The van der Waals surface area contributed by atoms with Crippen LogP contribution in [0.3, 0.4) is 0 Å². The van der Waals surface area contributed by atoms with Crippen LogP contribution in [0.15, 0.2) is 30.3 Å². The van der Waals surface area contributed by atoms with Crippen LogP contribution in [0.25, 0.3) is 0 Å². The summed E-state index contributed by atoms with van der Waals surface area (Å²) in [5.74, 6) is 3.76. The lowest BCUT2D eigenvalue weighted by molar-refractivity contribution is -0.0200. The van der Waals surface area contributed by atoms with E-state index in [9.17, 15) is 0 Å². The molecular weight excluding hydrogens is 242 g/mol. The summed E-state index contributed by atoms with van der Waals surface area (Å²) >= 11 is 0. The summed E-state index contributed by atoms with van der Waals surface area (Å²) in [4.78, 5) is 0. The van der Waals surface area contributed by atoms with Crippen molar-refractivity contribution < 1.29 is 0 Å². The van der Waals surface area contributed by atoms with E-state index >= 15 is 0 Å². The van der Waals surface area contributed by atoms with Gasteiger partial charge in [0.2, 0.25) is 0 Å². The molecule has 1 aromatic carbocycles. The van der Waals surface area contributed by atoms with Crippen LogP contribution < -0.4 is 5.32 Å². The molecular formula is C19H27N. The fourth-order valence-electron chi connectivity index (χ4n) is 5.60. The molecule has 1 atom stereocenters. The maximum absolute atomic E-state index is 4.03. The number of nitrogens with one attached hydrogen (secondary N) is 1. The largest absolute Gasteiger partial charge is 0.311 e. The van der Waals surface area contributed by atoms with Gasteiger partial charge < -0.3 is 5.32 Å². The second-order valence-electron chi connectivity index (χ2n) is 7.89. The molecule has 1 aromatic rings. The van der Waals surface area contributed by atoms with E-state index in [1.165, 1.54) is 44.1 Å². The molecule has 5 rings (SSSR count). The van der Waals surface area contributed by atoms with Crippen LogP contribution in [-0.4, -0.2) is 12.1 Å². The SMILES string of the molecule is C[C@@H](CNC12CC3CC(CC(C3)C1)C2)c1ccccc1. The molecule has 0 amide bonds. The summed E-state index contributed by atoms with van der Waals surface area (Å²) in [5, 5.41) is 4.03. The summed E-state index contributed by atoms with van der Waals surface area (Å²) in [7, 11) is 0. The van der Waals surface area contributed by atoms with E-state index in [-0.39, 0.29) is 0 Å². The van der Waals surface area contributed by atoms with Gasteiger partial charge in [0.1, 0.15) is 0 Å². The quantitative estimate of drug-likeness (QED) is 0.857. The molecule has 0 heterocycles. The normalized spacial score (nSPS) is 40.0. The number of rotatable bonds is 4. The zero-order valence-electron chi connectivity index (χ0n) is 12.6. The topological polar surface area (TPSA) is 12.0 Å². The third kappa shape index (κ3) is 2.30. The Morgan fingerprint density at radius 1 is 1.00 bits per heavy atom. The van der Waals surface area contributed by atoms with Crippen LogP contribution >= 0.6 is 0 Å². The standard InChI is InChI=1S/C19H27N/c1-14(18-5-3-2-4-6-18)13-20-19-10-15-7-16(11-19)9-17(8-15)12-19/h2-6,14-17,20H,7-13H2,1H3/t14-,15?,16?,17?,19?/m0/s1. The minimum absolute atomic E-state index is 0.512. The van der Waals surface area contributed by atoms with Gasteiger partial charge in [0, 0.05) is 12.1 Å². The van der Waals surface area contributed by atoms with Gasteiger partial charge in [0.05, 0.1) is 0 Å². The molecule has 4 bridgehead atoms. The Balaban J connectivity index is 1.42. The molecule has 20 heavy (non-hydrogen) atoms. The molecule has 4 aliphatic carbocycles. The first-order chi connectivity index (χ1) is 9.72. The molecule has 0 aromatic heterocycles. The van der Waals surface area contributed by atoms with Gasteiger partial charge in [-0.2, -0.15) is 0 Å². The molecule has 108 valence electrons. The molecule has 4 saturated carbocycles. The number of hydrogen-bond acceptors (Lipinski definition) is 1. The monoisotopic (exact) mass is 269 g/mol. The van der Waals surface area contributed by atoms with E-state index < -0.39 is 0 Å². The van der Waals surface area contributed by atoms with Gasteiger partial charge in [-0.05, 0) is 67.8 Å². The third-order valence-corrected chi connectivity index (χ3v) is 6.19. The fourth-order valence-corrected chi connectivity index (χ4v) is 5.60. The summed E-state index contributed by atoms with van der Waals surface area (Å²) in [6.45, 7) is 3.51. The van der Waals surface area contributed by atoms with Crippen molar-refractivity contribution in [2.45, 2.75) is 56.9 Å². The van der Waals surface area contributed by atoms with E-state index in [0.29, 0.717) is 11.5 Å². The lowest BCUT2D eigenvalue weighted by Crippen LogP contribution is -2.58. The van der Waals surface area contributed by atoms with Gasteiger partial charge >= 0.3 is 0 Å². The Bertz CT molecular complexity index is 429. The lowest BCUT2D eigenvalue weighted by atomic mass is 9.53.